The van der Waals surface area contributed by atoms with Crippen LogP contribution in [-0.2, 0) is 21.4 Å². The van der Waals surface area contributed by atoms with Crippen LogP contribution in [0.4, 0.5) is 0 Å². The average molecular weight is 360 g/mol. The van der Waals surface area contributed by atoms with E-state index in [0.717, 1.165) is 28.3 Å². The molecule has 0 N–H and O–H groups in total. The van der Waals surface area contributed by atoms with Gasteiger partial charge in [0, 0.05) is 11.6 Å². The largest absolute Gasteiger partial charge is 0.359 e. The molecule has 1 aliphatic heterocycles. The minimum Gasteiger partial charge on any atom is -0.359 e. The van der Waals surface area contributed by atoms with Crippen molar-refractivity contribution in [2.24, 2.45) is 5.92 Å². The topological polar surface area (TPSA) is 80.5 Å². The summed E-state index contributed by atoms with van der Waals surface area (Å²) >= 11 is 0. The summed E-state index contributed by atoms with van der Waals surface area (Å²) in [5.41, 5.74) is 2.67. The maximum absolute atomic E-state index is 12.7. The molecular weight excluding hydrogens is 340 g/mol. The molecule has 2 aromatic rings. The molecule has 1 aliphatic carbocycles. The molecule has 0 radical (unpaired) electrons. The second kappa shape index (κ2) is 5.98. The number of nitrogens with zero attached hydrogens (tertiary/aromatic N) is 2. The Kier molecular flexibility index (Phi) is 3.91. The SMILES string of the molecule is Cc1ccc(-c2cc(CN3C(=O)[C@@H]4CCCC[C@@H]4S3(=O)=O)on2)cc1. The second-order valence-corrected chi connectivity index (χ2v) is 8.94. The predicted octanol–water partition coefficient (Wildman–Crippen LogP) is 2.88. The van der Waals surface area contributed by atoms with E-state index >= 15 is 0 Å². The van der Waals surface area contributed by atoms with E-state index in [1.165, 1.54) is 0 Å². The third kappa shape index (κ3) is 2.76. The van der Waals surface area contributed by atoms with Crippen molar-refractivity contribution in [3.8, 4) is 11.3 Å². The van der Waals surface area contributed by atoms with E-state index in [4.69, 9.17) is 4.52 Å². The van der Waals surface area contributed by atoms with Gasteiger partial charge in [-0.1, -0.05) is 47.8 Å². The summed E-state index contributed by atoms with van der Waals surface area (Å²) in [5, 5.41) is 3.45. The number of benzene rings is 1. The molecule has 132 valence electrons. The predicted molar refractivity (Wildman–Crippen MR) is 91.9 cm³/mol. The Morgan fingerprint density at radius 3 is 2.64 bits per heavy atom. The summed E-state index contributed by atoms with van der Waals surface area (Å²) in [7, 11) is -3.60. The second-order valence-electron chi connectivity index (χ2n) is 6.86. The number of hydrogen-bond acceptors (Lipinski definition) is 5. The lowest BCUT2D eigenvalue weighted by Crippen LogP contribution is -2.31. The fraction of sp³-hybridized carbons (Fsp3) is 0.444. The van der Waals surface area contributed by atoms with Crippen LogP contribution >= 0.6 is 0 Å². The molecule has 6 nitrogen and oxygen atoms in total. The van der Waals surface area contributed by atoms with Gasteiger partial charge in [-0.2, -0.15) is 0 Å². The summed E-state index contributed by atoms with van der Waals surface area (Å²) in [4.78, 5) is 12.6. The van der Waals surface area contributed by atoms with Crippen LogP contribution in [0.1, 0.15) is 37.0 Å². The highest BCUT2D eigenvalue weighted by Crippen LogP contribution is 2.39. The smallest absolute Gasteiger partial charge is 0.241 e. The van der Waals surface area contributed by atoms with Crippen molar-refractivity contribution < 1.29 is 17.7 Å². The van der Waals surface area contributed by atoms with Crippen molar-refractivity contribution in [3.05, 3.63) is 41.7 Å². The zero-order valence-corrected chi connectivity index (χ0v) is 14.8. The summed E-state index contributed by atoms with van der Waals surface area (Å²) in [6.45, 7) is 1.92. The van der Waals surface area contributed by atoms with E-state index in [9.17, 15) is 13.2 Å². The number of sulfonamides is 1. The van der Waals surface area contributed by atoms with Crippen LogP contribution in [0.25, 0.3) is 11.3 Å². The van der Waals surface area contributed by atoms with Crippen molar-refractivity contribution >= 4 is 15.9 Å². The first-order valence-corrected chi connectivity index (χ1v) is 10.0. The first kappa shape index (κ1) is 16.3. The lowest BCUT2D eigenvalue weighted by molar-refractivity contribution is -0.130. The molecule has 7 heteroatoms. The molecule has 4 rings (SSSR count). The molecule has 0 spiro atoms. The monoisotopic (exact) mass is 360 g/mol. The molecule has 1 saturated heterocycles. The van der Waals surface area contributed by atoms with Gasteiger partial charge in [-0.3, -0.25) is 4.79 Å². The van der Waals surface area contributed by atoms with E-state index < -0.39 is 21.2 Å². The lowest BCUT2D eigenvalue weighted by atomic mass is 9.88. The molecule has 1 saturated carbocycles. The number of carbonyl (C=O) groups excluding carboxylic acids is 1. The zero-order chi connectivity index (χ0) is 17.6. The van der Waals surface area contributed by atoms with Gasteiger partial charge in [-0.05, 0) is 19.8 Å². The van der Waals surface area contributed by atoms with Gasteiger partial charge in [0.15, 0.2) is 5.76 Å². The minimum absolute atomic E-state index is 0.0764. The van der Waals surface area contributed by atoms with Crippen molar-refractivity contribution in [1.82, 2.24) is 9.46 Å². The van der Waals surface area contributed by atoms with Crippen molar-refractivity contribution in [3.63, 3.8) is 0 Å². The summed E-state index contributed by atoms with van der Waals surface area (Å²) in [5.74, 6) is -0.303. The van der Waals surface area contributed by atoms with Gasteiger partial charge in [0.1, 0.15) is 5.69 Å². The highest BCUT2D eigenvalue weighted by molar-refractivity contribution is 7.90. The molecule has 1 aromatic heterocycles. The van der Waals surface area contributed by atoms with Crippen LogP contribution in [0.2, 0.25) is 0 Å². The molecular formula is C18H20N2O4S. The van der Waals surface area contributed by atoms with Crippen molar-refractivity contribution in [2.75, 3.05) is 0 Å². The van der Waals surface area contributed by atoms with Crippen molar-refractivity contribution in [2.45, 2.75) is 44.4 Å². The van der Waals surface area contributed by atoms with Crippen LogP contribution < -0.4 is 0 Å². The van der Waals surface area contributed by atoms with Gasteiger partial charge in [0.25, 0.3) is 0 Å². The van der Waals surface area contributed by atoms with E-state index in [2.05, 4.69) is 5.16 Å². The van der Waals surface area contributed by atoms with Crippen LogP contribution in [0.3, 0.4) is 0 Å². The summed E-state index contributed by atoms with van der Waals surface area (Å²) in [6, 6.07) is 9.52. The Balaban J connectivity index is 1.58. The number of hydrogen-bond donors (Lipinski definition) is 0. The molecule has 2 atom stereocenters. The van der Waals surface area contributed by atoms with Crippen LogP contribution in [0, 0.1) is 12.8 Å². The van der Waals surface area contributed by atoms with Crippen LogP contribution in [-0.4, -0.2) is 29.0 Å². The molecule has 0 bridgehead atoms. The lowest BCUT2D eigenvalue weighted by Gasteiger charge is -2.20. The number of amides is 1. The number of aromatic nitrogens is 1. The van der Waals surface area contributed by atoms with Gasteiger partial charge in [0.05, 0.1) is 17.7 Å². The number of aryl methyl sites for hydroxylation is 1. The maximum Gasteiger partial charge on any atom is 0.241 e. The third-order valence-corrected chi connectivity index (χ3v) is 7.41. The highest BCUT2D eigenvalue weighted by Gasteiger charge is 2.52. The molecule has 0 unspecified atom stereocenters. The first-order chi connectivity index (χ1) is 12.0. The van der Waals surface area contributed by atoms with Crippen molar-refractivity contribution in [1.29, 1.82) is 0 Å². The average Bonchev–Trinajstić information content (AvgIpc) is 3.14. The first-order valence-electron chi connectivity index (χ1n) is 8.55. The molecule has 2 fully saturated rings. The van der Waals surface area contributed by atoms with Crippen LogP contribution in [0.5, 0.6) is 0 Å². The fourth-order valence-electron chi connectivity index (χ4n) is 3.77. The fourth-order valence-corrected chi connectivity index (χ4v) is 5.92. The van der Waals surface area contributed by atoms with Gasteiger partial charge in [-0.25, -0.2) is 12.7 Å². The van der Waals surface area contributed by atoms with Crippen LogP contribution in [0.15, 0.2) is 34.9 Å². The molecule has 2 heterocycles. The van der Waals surface area contributed by atoms with Gasteiger partial charge in [-0.15, -0.1) is 0 Å². The number of fused-ring (bicyclic) bond motifs is 1. The minimum atomic E-state index is -3.60. The normalized spacial score (nSPS) is 25.2. The maximum atomic E-state index is 12.7. The van der Waals surface area contributed by atoms with E-state index in [1.54, 1.807) is 6.07 Å². The van der Waals surface area contributed by atoms with E-state index in [-0.39, 0.29) is 12.5 Å². The molecule has 1 amide bonds. The Hall–Kier alpha value is -2.15. The summed E-state index contributed by atoms with van der Waals surface area (Å²) < 4.78 is 31.7. The standard InChI is InChI=1S/C18H20N2O4S/c1-12-6-8-13(9-7-12)16-10-14(24-19-16)11-20-18(21)15-4-2-3-5-17(15)25(20,22)23/h6-10,15,17H,2-5,11H2,1H3/t15-,17+/m1/s1. The Morgan fingerprint density at radius 1 is 1.20 bits per heavy atom. The third-order valence-electron chi connectivity index (χ3n) is 5.16. The summed E-state index contributed by atoms with van der Waals surface area (Å²) in [6.07, 6.45) is 3.00. The Morgan fingerprint density at radius 2 is 1.92 bits per heavy atom. The van der Waals surface area contributed by atoms with E-state index in [0.29, 0.717) is 24.3 Å². The molecule has 1 aromatic carbocycles. The number of rotatable bonds is 3. The van der Waals surface area contributed by atoms with Gasteiger partial charge in [0.2, 0.25) is 15.9 Å². The quantitative estimate of drug-likeness (QED) is 0.841. The van der Waals surface area contributed by atoms with Gasteiger partial charge < -0.3 is 4.52 Å². The zero-order valence-electron chi connectivity index (χ0n) is 14.0. The van der Waals surface area contributed by atoms with Gasteiger partial charge >= 0.3 is 0 Å². The molecule has 2 aliphatic rings. The van der Waals surface area contributed by atoms with E-state index in [1.807, 2.05) is 31.2 Å². The highest BCUT2D eigenvalue weighted by atomic mass is 32.2. The Bertz CT molecular complexity index is 901. The Labute approximate surface area is 146 Å². The molecule has 25 heavy (non-hydrogen) atoms. The number of carbonyl (C=O) groups is 1.